The lowest BCUT2D eigenvalue weighted by Gasteiger charge is -2.40. The molecule has 0 unspecified atom stereocenters. The molecule has 3 heterocycles. The summed E-state index contributed by atoms with van der Waals surface area (Å²) < 4.78 is 39.9. The van der Waals surface area contributed by atoms with Gasteiger partial charge in [-0.1, -0.05) is 0 Å². The van der Waals surface area contributed by atoms with Crippen molar-refractivity contribution in [2.24, 2.45) is 0 Å². The second kappa shape index (κ2) is 5.65. The van der Waals surface area contributed by atoms with E-state index in [1.54, 1.807) is 0 Å². The summed E-state index contributed by atoms with van der Waals surface area (Å²) in [5, 5.41) is 0. The number of hydrogen-bond acceptors (Lipinski definition) is 7. The van der Waals surface area contributed by atoms with Gasteiger partial charge in [0, 0.05) is 39.6 Å². The minimum atomic E-state index is -3.13. The van der Waals surface area contributed by atoms with Crippen LogP contribution in [0.1, 0.15) is 19.3 Å². The van der Waals surface area contributed by atoms with Gasteiger partial charge in [-0.15, -0.1) is 0 Å². The van der Waals surface area contributed by atoms with Gasteiger partial charge in [0.25, 0.3) is 0 Å². The molecule has 0 amide bonds. The standard InChI is InChI=1S/C9H18O7Si2/c1-4-10-17(11-5-1)14-8-3-9-15-18(16-17)12-6-2-7-13-18/h1-9H2. The predicted molar refractivity (Wildman–Crippen MR) is 62.2 cm³/mol. The summed E-state index contributed by atoms with van der Waals surface area (Å²) in [6, 6.07) is 0. The molecule has 7 nitrogen and oxygen atoms in total. The minimum absolute atomic E-state index is 0.511. The highest BCUT2D eigenvalue weighted by molar-refractivity contribution is 6.68. The molecule has 3 aliphatic rings. The predicted octanol–water partition coefficient (Wildman–Crippen LogP) is 0.185. The Kier molecular flexibility index (Phi) is 4.13. The lowest BCUT2D eigenvalue weighted by molar-refractivity contribution is -0.106. The molecule has 3 saturated heterocycles. The molecular weight excluding hydrogens is 276 g/mol. The molecule has 0 atom stereocenters. The fourth-order valence-corrected chi connectivity index (χ4v) is 7.44. The van der Waals surface area contributed by atoms with Gasteiger partial charge < -0.3 is 30.7 Å². The summed E-state index contributed by atoms with van der Waals surface area (Å²) in [5.41, 5.74) is 0. The zero-order valence-electron chi connectivity index (χ0n) is 10.2. The first-order chi connectivity index (χ1) is 8.83. The fourth-order valence-electron chi connectivity index (χ4n) is 1.94. The average Bonchev–Trinajstić information content (AvgIpc) is 2.39. The first kappa shape index (κ1) is 13.2. The maximum atomic E-state index is 5.89. The van der Waals surface area contributed by atoms with Crippen molar-refractivity contribution in [2.75, 3.05) is 39.6 Å². The van der Waals surface area contributed by atoms with Gasteiger partial charge in [-0.25, -0.2) is 0 Å². The Morgan fingerprint density at radius 2 is 0.722 bits per heavy atom. The normalized spacial score (nSPS) is 32.0. The molecule has 3 rings (SSSR count). The van der Waals surface area contributed by atoms with Gasteiger partial charge in [0.1, 0.15) is 0 Å². The largest absolute Gasteiger partial charge is 0.673 e. The molecule has 18 heavy (non-hydrogen) atoms. The van der Waals surface area contributed by atoms with E-state index in [4.69, 9.17) is 30.7 Å². The fraction of sp³-hybridized carbons (Fsp3) is 1.00. The zero-order chi connectivity index (χ0) is 12.3. The molecule has 2 spiro atoms. The van der Waals surface area contributed by atoms with Gasteiger partial charge in [-0.05, 0) is 19.3 Å². The van der Waals surface area contributed by atoms with Crippen molar-refractivity contribution in [2.45, 2.75) is 19.3 Å². The van der Waals surface area contributed by atoms with Gasteiger partial charge in [0.2, 0.25) is 0 Å². The third kappa shape index (κ3) is 2.84. The maximum Gasteiger partial charge on any atom is 0.673 e. The van der Waals surface area contributed by atoms with Gasteiger partial charge in [0.05, 0.1) is 0 Å². The van der Waals surface area contributed by atoms with E-state index in [-0.39, 0.29) is 0 Å². The van der Waals surface area contributed by atoms with Crippen LogP contribution < -0.4 is 0 Å². The number of rotatable bonds is 0. The third-order valence-corrected chi connectivity index (χ3v) is 8.14. The topological polar surface area (TPSA) is 64.6 Å². The second-order valence-electron chi connectivity index (χ2n) is 4.25. The molecule has 0 N–H and O–H groups in total. The number of hydrogen-bond donors (Lipinski definition) is 0. The van der Waals surface area contributed by atoms with Gasteiger partial charge in [-0.3, -0.25) is 0 Å². The van der Waals surface area contributed by atoms with Crippen LogP contribution in [0, 0.1) is 0 Å². The molecule has 0 aromatic heterocycles. The molecule has 0 aromatic rings. The van der Waals surface area contributed by atoms with Crippen LogP contribution in [-0.4, -0.2) is 57.7 Å². The van der Waals surface area contributed by atoms with Crippen LogP contribution in [0.5, 0.6) is 0 Å². The van der Waals surface area contributed by atoms with Crippen LogP contribution in [0.3, 0.4) is 0 Å². The van der Waals surface area contributed by atoms with E-state index < -0.39 is 18.1 Å². The van der Waals surface area contributed by atoms with E-state index in [1.807, 2.05) is 0 Å². The van der Waals surface area contributed by atoms with Crippen molar-refractivity contribution < 1.29 is 30.7 Å². The Labute approximate surface area is 108 Å². The maximum absolute atomic E-state index is 5.89. The van der Waals surface area contributed by atoms with Crippen LogP contribution in [0.15, 0.2) is 0 Å². The van der Waals surface area contributed by atoms with E-state index in [9.17, 15) is 0 Å². The van der Waals surface area contributed by atoms with Crippen LogP contribution in [-0.2, 0) is 30.7 Å². The molecule has 0 saturated carbocycles. The first-order valence-corrected chi connectivity index (χ1v) is 9.63. The Morgan fingerprint density at radius 3 is 1.00 bits per heavy atom. The van der Waals surface area contributed by atoms with Crippen molar-refractivity contribution in [1.82, 2.24) is 0 Å². The summed E-state index contributed by atoms with van der Waals surface area (Å²) in [7, 11) is -6.25. The third-order valence-electron chi connectivity index (χ3n) is 2.79. The van der Waals surface area contributed by atoms with E-state index in [0.29, 0.717) is 39.6 Å². The van der Waals surface area contributed by atoms with Gasteiger partial charge >= 0.3 is 18.1 Å². The first-order valence-electron chi connectivity index (χ1n) is 6.37. The van der Waals surface area contributed by atoms with Crippen LogP contribution in [0.2, 0.25) is 0 Å². The quantitative estimate of drug-likeness (QED) is 0.591. The lowest BCUT2D eigenvalue weighted by Crippen LogP contribution is -2.65. The Morgan fingerprint density at radius 1 is 0.444 bits per heavy atom. The van der Waals surface area contributed by atoms with Gasteiger partial charge in [0.15, 0.2) is 0 Å². The Bertz CT molecular complexity index is 252. The zero-order valence-corrected chi connectivity index (χ0v) is 12.2. The molecule has 3 fully saturated rings. The second-order valence-corrected chi connectivity index (χ2v) is 8.80. The Balaban J connectivity index is 1.76. The molecule has 9 heteroatoms. The highest BCUT2D eigenvalue weighted by Gasteiger charge is 2.62. The summed E-state index contributed by atoms with van der Waals surface area (Å²) in [4.78, 5) is 0. The molecular formula is C9H18O7Si2. The summed E-state index contributed by atoms with van der Waals surface area (Å²) >= 11 is 0. The molecule has 0 bridgehead atoms. The van der Waals surface area contributed by atoms with Crippen molar-refractivity contribution in [1.29, 1.82) is 0 Å². The summed E-state index contributed by atoms with van der Waals surface area (Å²) in [6.07, 6.45) is 2.45. The summed E-state index contributed by atoms with van der Waals surface area (Å²) in [5.74, 6) is 0. The smallest absolute Gasteiger partial charge is 0.352 e. The van der Waals surface area contributed by atoms with Crippen molar-refractivity contribution >= 4 is 18.1 Å². The molecule has 3 aliphatic heterocycles. The monoisotopic (exact) mass is 294 g/mol. The van der Waals surface area contributed by atoms with Crippen LogP contribution >= 0.6 is 0 Å². The highest BCUT2D eigenvalue weighted by atomic mass is 28.5. The molecule has 0 aliphatic carbocycles. The van der Waals surface area contributed by atoms with E-state index in [2.05, 4.69) is 0 Å². The van der Waals surface area contributed by atoms with E-state index >= 15 is 0 Å². The summed E-state index contributed by atoms with van der Waals surface area (Å²) in [6.45, 7) is 3.34. The van der Waals surface area contributed by atoms with Crippen molar-refractivity contribution in [3.8, 4) is 0 Å². The van der Waals surface area contributed by atoms with E-state index in [1.165, 1.54) is 0 Å². The lowest BCUT2D eigenvalue weighted by atomic mass is 10.5. The molecule has 104 valence electrons. The highest BCUT2D eigenvalue weighted by Crippen LogP contribution is 2.28. The van der Waals surface area contributed by atoms with Gasteiger partial charge in [-0.2, -0.15) is 0 Å². The average molecular weight is 294 g/mol. The van der Waals surface area contributed by atoms with E-state index in [0.717, 1.165) is 19.3 Å². The molecule has 0 radical (unpaired) electrons. The minimum Gasteiger partial charge on any atom is -0.352 e. The SMILES string of the molecule is C1CO[Si]2(OC1)OCCCO[Si]1(OCCCO1)O2. The van der Waals surface area contributed by atoms with Crippen LogP contribution in [0.4, 0.5) is 0 Å². The van der Waals surface area contributed by atoms with Crippen LogP contribution in [0.25, 0.3) is 0 Å². The van der Waals surface area contributed by atoms with Crippen molar-refractivity contribution in [3.63, 3.8) is 0 Å². The molecule has 0 aromatic carbocycles. The van der Waals surface area contributed by atoms with Crippen molar-refractivity contribution in [3.05, 3.63) is 0 Å². The Hall–Kier alpha value is 0.154.